The van der Waals surface area contributed by atoms with E-state index < -0.39 is 0 Å². The van der Waals surface area contributed by atoms with E-state index in [0.29, 0.717) is 6.61 Å². The van der Waals surface area contributed by atoms with Crippen LogP contribution in [0, 0.1) is 5.41 Å². The van der Waals surface area contributed by atoms with Crippen molar-refractivity contribution in [2.75, 3.05) is 6.61 Å². The summed E-state index contributed by atoms with van der Waals surface area (Å²) in [5, 5.41) is 0. The van der Waals surface area contributed by atoms with Gasteiger partial charge in [-0.1, -0.05) is 43.6 Å². The Hall–Kier alpha value is -1.05. The monoisotopic (exact) mass is 222 g/mol. The Morgan fingerprint density at radius 3 is 2.50 bits per heavy atom. The molecular formula is C14H22O2. The van der Waals surface area contributed by atoms with E-state index in [9.17, 15) is 4.79 Å². The van der Waals surface area contributed by atoms with E-state index in [-0.39, 0.29) is 11.4 Å². The van der Waals surface area contributed by atoms with Crippen molar-refractivity contribution < 1.29 is 9.53 Å². The number of hydrogen-bond acceptors (Lipinski definition) is 2. The zero-order valence-electron chi connectivity index (χ0n) is 10.4. The van der Waals surface area contributed by atoms with Crippen molar-refractivity contribution in [3.05, 3.63) is 24.3 Å². The molecule has 0 N–H and O–H groups in total. The molecule has 90 valence electrons. The van der Waals surface area contributed by atoms with Crippen LogP contribution in [0.25, 0.3) is 0 Å². The molecule has 0 atom stereocenters. The standard InChI is InChI=1S/C14H22O2/c1-4-12(3)11-14(13(15)16-5-2)9-7-6-8-10-14/h4,11H,1,5-10H2,2-3H3. The smallest absolute Gasteiger partial charge is 0.315 e. The van der Waals surface area contributed by atoms with E-state index >= 15 is 0 Å². The molecule has 0 unspecified atom stereocenters. The molecule has 0 heterocycles. The Kier molecular flexibility index (Phi) is 4.78. The summed E-state index contributed by atoms with van der Waals surface area (Å²) >= 11 is 0. The number of esters is 1. The molecule has 0 amide bonds. The van der Waals surface area contributed by atoms with Crippen molar-refractivity contribution in [2.45, 2.75) is 46.0 Å². The van der Waals surface area contributed by atoms with Crippen LogP contribution in [-0.2, 0) is 9.53 Å². The summed E-state index contributed by atoms with van der Waals surface area (Å²) in [7, 11) is 0. The quantitative estimate of drug-likeness (QED) is 0.536. The van der Waals surface area contributed by atoms with E-state index in [0.717, 1.165) is 31.3 Å². The molecule has 0 aliphatic heterocycles. The lowest BCUT2D eigenvalue weighted by Gasteiger charge is -2.32. The summed E-state index contributed by atoms with van der Waals surface area (Å²) in [6.07, 6.45) is 9.13. The van der Waals surface area contributed by atoms with Crippen LogP contribution >= 0.6 is 0 Å². The fourth-order valence-corrected chi connectivity index (χ4v) is 2.36. The van der Waals surface area contributed by atoms with Crippen LogP contribution in [0.4, 0.5) is 0 Å². The van der Waals surface area contributed by atoms with Crippen molar-refractivity contribution in [3.8, 4) is 0 Å². The molecule has 1 aliphatic carbocycles. The van der Waals surface area contributed by atoms with E-state index in [1.165, 1.54) is 6.42 Å². The Bertz CT molecular complexity index is 283. The second-order valence-corrected chi connectivity index (χ2v) is 4.53. The molecule has 1 aliphatic rings. The fourth-order valence-electron chi connectivity index (χ4n) is 2.36. The first-order valence-electron chi connectivity index (χ1n) is 6.14. The van der Waals surface area contributed by atoms with Gasteiger partial charge < -0.3 is 4.74 Å². The molecule has 1 rings (SSSR count). The van der Waals surface area contributed by atoms with Gasteiger partial charge in [-0.3, -0.25) is 4.79 Å². The van der Waals surface area contributed by atoms with Gasteiger partial charge in [0.2, 0.25) is 0 Å². The van der Waals surface area contributed by atoms with Gasteiger partial charge in [0.05, 0.1) is 12.0 Å². The highest BCUT2D eigenvalue weighted by Crippen LogP contribution is 2.39. The maximum Gasteiger partial charge on any atom is 0.315 e. The summed E-state index contributed by atoms with van der Waals surface area (Å²) in [6.45, 7) is 8.05. The minimum absolute atomic E-state index is 0.0594. The van der Waals surface area contributed by atoms with Gasteiger partial charge >= 0.3 is 5.97 Å². The molecule has 0 radical (unpaired) electrons. The van der Waals surface area contributed by atoms with Crippen LogP contribution in [0.1, 0.15) is 46.0 Å². The van der Waals surface area contributed by atoms with Crippen LogP contribution in [0.3, 0.4) is 0 Å². The molecule has 0 aromatic heterocycles. The van der Waals surface area contributed by atoms with Gasteiger partial charge in [-0.15, -0.1) is 0 Å². The predicted molar refractivity (Wildman–Crippen MR) is 66.1 cm³/mol. The first-order chi connectivity index (χ1) is 7.64. The SMILES string of the molecule is C=CC(C)=CC1(C(=O)OCC)CCCCC1. The normalized spacial score (nSPS) is 20.2. The maximum absolute atomic E-state index is 12.1. The van der Waals surface area contributed by atoms with Gasteiger partial charge in [-0.05, 0) is 26.7 Å². The highest BCUT2D eigenvalue weighted by atomic mass is 16.5. The Morgan fingerprint density at radius 2 is 2.00 bits per heavy atom. The third-order valence-electron chi connectivity index (χ3n) is 3.25. The van der Waals surface area contributed by atoms with Crippen LogP contribution in [0.5, 0.6) is 0 Å². The van der Waals surface area contributed by atoms with Crippen LogP contribution < -0.4 is 0 Å². The molecule has 0 saturated heterocycles. The molecule has 1 saturated carbocycles. The topological polar surface area (TPSA) is 26.3 Å². The average molecular weight is 222 g/mol. The van der Waals surface area contributed by atoms with Gasteiger partial charge in [-0.25, -0.2) is 0 Å². The second-order valence-electron chi connectivity index (χ2n) is 4.53. The number of allylic oxidation sites excluding steroid dienone is 2. The van der Waals surface area contributed by atoms with Crippen molar-refractivity contribution in [1.29, 1.82) is 0 Å². The second kappa shape index (κ2) is 5.88. The minimum Gasteiger partial charge on any atom is -0.465 e. The zero-order chi connectivity index (χ0) is 12.0. The number of hydrogen-bond donors (Lipinski definition) is 0. The van der Waals surface area contributed by atoms with Crippen molar-refractivity contribution in [2.24, 2.45) is 5.41 Å². The first-order valence-corrected chi connectivity index (χ1v) is 6.14. The number of rotatable bonds is 4. The molecule has 0 spiro atoms. The predicted octanol–water partition coefficient (Wildman–Crippen LogP) is 3.63. The molecule has 0 bridgehead atoms. The number of ether oxygens (including phenoxy) is 1. The molecule has 2 heteroatoms. The minimum atomic E-state index is -0.382. The fraction of sp³-hybridized carbons (Fsp3) is 0.643. The van der Waals surface area contributed by atoms with Crippen molar-refractivity contribution in [1.82, 2.24) is 0 Å². The van der Waals surface area contributed by atoms with E-state index in [4.69, 9.17) is 4.74 Å². The van der Waals surface area contributed by atoms with E-state index in [2.05, 4.69) is 12.7 Å². The van der Waals surface area contributed by atoms with Gasteiger partial charge in [0, 0.05) is 0 Å². The Morgan fingerprint density at radius 1 is 1.38 bits per heavy atom. The molecule has 2 nitrogen and oxygen atoms in total. The lowest BCUT2D eigenvalue weighted by atomic mass is 9.73. The summed E-state index contributed by atoms with van der Waals surface area (Å²) in [5.41, 5.74) is 0.682. The molecular weight excluding hydrogens is 200 g/mol. The van der Waals surface area contributed by atoms with E-state index in [1.54, 1.807) is 6.08 Å². The van der Waals surface area contributed by atoms with Crippen LogP contribution in [-0.4, -0.2) is 12.6 Å². The summed E-state index contributed by atoms with van der Waals surface area (Å²) in [5.74, 6) is -0.0594. The largest absolute Gasteiger partial charge is 0.465 e. The molecule has 0 aromatic rings. The maximum atomic E-state index is 12.1. The van der Waals surface area contributed by atoms with E-state index in [1.807, 2.05) is 13.8 Å². The number of carbonyl (C=O) groups is 1. The summed E-state index contributed by atoms with van der Waals surface area (Å²) in [4.78, 5) is 12.1. The summed E-state index contributed by atoms with van der Waals surface area (Å²) in [6, 6.07) is 0. The van der Waals surface area contributed by atoms with Crippen LogP contribution in [0.2, 0.25) is 0 Å². The van der Waals surface area contributed by atoms with Gasteiger partial charge in [0.25, 0.3) is 0 Å². The van der Waals surface area contributed by atoms with Gasteiger partial charge in [0.1, 0.15) is 0 Å². The van der Waals surface area contributed by atoms with Gasteiger partial charge in [0.15, 0.2) is 0 Å². The summed E-state index contributed by atoms with van der Waals surface area (Å²) < 4.78 is 5.21. The Labute approximate surface area is 98.4 Å². The lowest BCUT2D eigenvalue weighted by molar-refractivity contribution is -0.154. The highest BCUT2D eigenvalue weighted by molar-refractivity contribution is 5.79. The molecule has 0 aromatic carbocycles. The van der Waals surface area contributed by atoms with Crippen molar-refractivity contribution >= 4 is 5.97 Å². The molecule has 1 fully saturated rings. The lowest BCUT2D eigenvalue weighted by Crippen LogP contribution is -2.33. The van der Waals surface area contributed by atoms with Gasteiger partial charge in [-0.2, -0.15) is 0 Å². The third-order valence-corrected chi connectivity index (χ3v) is 3.25. The average Bonchev–Trinajstić information content (AvgIpc) is 2.30. The molecule has 16 heavy (non-hydrogen) atoms. The third kappa shape index (κ3) is 2.97. The zero-order valence-corrected chi connectivity index (χ0v) is 10.4. The first kappa shape index (κ1) is 13.0. The Balaban J connectivity index is 2.91. The van der Waals surface area contributed by atoms with Crippen LogP contribution in [0.15, 0.2) is 24.3 Å². The van der Waals surface area contributed by atoms with Crippen molar-refractivity contribution in [3.63, 3.8) is 0 Å². The highest BCUT2D eigenvalue weighted by Gasteiger charge is 2.38. The number of carbonyl (C=O) groups excluding carboxylic acids is 1.